The third-order valence-electron chi connectivity index (χ3n) is 3.66. The van der Waals surface area contributed by atoms with Crippen LogP contribution in [0.4, 0.5) is 0 Å². The van der Waals surface area contributed by atoms with Crippen molar-refractivity contribution in [2.24, 2.45) is 0 Å². The summed E-state index contributed by atoms with van der Waals surface area (Å²) in [6, 6.07) is 0.513. The van der Waals surface area contributed by atoms with E-state index in [1.165, 1.54) is 0 Å². The topological polar surface area (TPSA) is 52.6 Å². The van der Waals surface area contributed by atoms with Crippen molar-refractivity contribution in [1.82, 2.24) is 10.2 Å². The SMILES string of the molecule is CCCNC(C)(CCN(C)C(C)CCC)C(=O)O. The van der Waals surface area contributed by atoms with Gasteiger partial charge >= 0.3 is 5.97 Å². The van der Waals surface area contributed by atoms with Crippen molar-refractivity contribution in [3.63, 3.8) is 0 Å². The molecule has 2 N–H and O–H groups in total. The maximum atomic E-state index is 11.4. The Morgan fingerprint density at radius 2 is 2.00 bits per heavy atom. The largest absolute Gasteiger partial charge is 0.480 e. The minimum atomic E-state index is -0.809. The highest BCUT2D eigenvalue weighted by atomic mass is 16.4. The van der Waals surface area contributed by atoms with Crippen LogP contribution in [-0.2, 0) is 4.79 Å². The van der Waals surface area contributed by atoms with Crippen LogP contribution in [0.25, 0.3) is 0 Å². The second-order valence-corrected chi connectivity index (χ2v) is 5.43. The Bertz CT molecular complexity index is 246. The fraction of sp³-hybridized carbons (Fsp3) is 0.929. The first-order valence-electron chi connectivity index (χ1n) is 7.06. The third-order valence-corrected chi connectivity index (χ3v) is 3.66. The molecule has 2 unspecified atom stereocenters. The summed E-state index contributed by atoms with van der Waals surface area (Å²) in [6.45, 7) is 9.75. The van der Waals surface area contributed by atoms with E-state index in [1.54, 1.807) is 6.92 Å². The van der Waals surface area contributed by atoms with Crippen LogP contribution in [0.5, 0.6) is 0 Å². The molecule has 4 heteroatoms. The molecule has 0 aliphatic rings. The number of nitrogens with one attached hydrogen (secondary N) is 1. The first-order valence-corrected chi connectivity index (χ1v) is 7.06. The fourth-order valence-corrected chi connectivity index (χ4v) is 1.93. The molecule has 0 saturated heterocycles. The Morgan fingerprint density at radius 1 is 1.39 bits per heavy atom. The molecule has 0 aliphatic carbocycles. The van der Waals surface area contributed by atoms with Crippen molar-refractivity contribution in [2.45, 2.75) is 65.0 Å². The number of hydrogen-bond donors (Lipinski definition) is 2. The molecule has 0 spiro atoms. The molecule has 0 amide bonds. The van der Waals surface area contributed by atoms with Crippen molar-refractivity contribution in [3.8, 4) is 0 Å². The van der Waals surface area contributed by atoms with Crippen molar-refractivity contribution in [1.29, 1.82) is 0 Å². The highest BCUT2D eigenvalue weighted by Gasteiger charge is 2.32. The van der Waals surface area contributed by atoms with Crippen LogP contribution in [0.3, 0.4) is 0 Å². The highest BCUT2D eigenvalue weighted by Crippen LogP contribution is 2.13. The predicted octanol–water partition coefficient (Wildman–Crippen LogP) is 2.34. The smallest absolute Gasteiger partial charge is 0.323 e. The van der Waals surface area contributed by atoms with Gasteiger partial charge in [0.2, 0.25) is 0 Å². The Morgan fingerprint density at radius 3 is 2.44 bits per heavy atom. The zero-order chi connectivity index (χ0) is 14.2. The third kappa shape index (κ3) is 5.83. The van der Waals surface area contributed by atoms with Gasteiger partial charge in [-0.2, -0.15) is 0 Å². The molecule has 108 valence electrons. The van der Waals surface area contributed by atoms with E-state index >= 15 is 0 Å². The summed E-state index contributed by atoms with van der Waals surface area (Å²) >= 11 is 0. The van der Waals surface area contributed by atoms with Gasteiger partial charge in [-0.1, -0.05) is 20.3 Å². The lowest BCUT2D eigenvalue weighted by Crippen LogP contribution is -2.51. The minimum Gasteiger partial charge on any atom is -0.480 e. The van der Waals surface area contributed by atoms with Crippen molar-refractivity contribution >= 4 is 5.97 Å². The Hall–Kier alpha value is -0.610. The summed E-state index contributed by atoms with van der Waals surface area (Å²) in [5, 5.41) is 12.5. The molecule has 2 atom stereocenters. The summed E-state index contributed by atoms with van der Waals surface area (Å²) in [5.41, 5.74) is -0.809. The molecule has 0 aromatic rings. The van der Waals surface area contributed by atoms with Gasteiger partial charge in [-0.25, -0.2) is 0 Å². The normalized spacial score (nSPS) is 16.6. The van der Waals surface area contributed by atoms with Gasteiger partial charge in [0.05, 0.1) is 0 Å². The first kappa shape index (κ1) is 17.4. The molecule has 0 fully saturated rings. The number of rotatable bonds is 10. The average Bonchev–Trinajstić information content (AvgIpc) is 2.33. The number of nitrogens with zero attached hydrogens (tertiary/aromatic N) is 1. The van der Waals surface area contributed by atoms with Crippen LogP contribution in [0.1, 0.15) is 53.4 Å². The van der Waals surface area contributed by atoms with Crippen LogP contribution in [0.15, 0.2) is 0 Å². The molecular formula is C14H30N2O2. The predicted molar refractivity (Wildman–Crippen MR) is 76.0 cm³/mol. The van der Waals surface area contributed by atoms with Gasteiger partial charge in [0, 0.05) is 12.6 Å². The van der Waals surface area contributed by atoms with Crippen LogP contribution < -0.4 is 5.32 Å². The standard InChI is InChI=1S/C14H30N2O2/c1-6-8-12(3)16(5)11-9-14(4,13(17)18)15-10-7-2/h12,15H,6-11H2,1-5H3,(H,17,18). The summed E-state index contributed by atoms with van der Waals surface area (Å²) in [6.07, 6.45) is 3.90. The molecule has 0 aromatic heterocycles. The lowest BCUT2D eigenvalue weighted by Gasteiger charge is -2.31. The van der Waals surface area contributed by atoms with E-state index in [9.17, 15) is 9.90 Å². The minimum absolute atomic E-state index is 0.513. The van der Waals surface area contributed by atoms with Gasteiger partial charge in [0.1, 0.15) is 5.54 Å². The second kappa shape index (κ2) is 8.48. The lowest BCUT2D eigenvalue weighted by molar-refractivity contribution is -0.144. The molecule has 0 radical (unpaired) electrons. The van der Waals surface area contributed by atoms with Gasteiger partial charge < -0.3 is 15.3 Å². The van der Waals surface area contributed by atoms with Crippen LogP contribution in [0, 0.1) is 0 Å². The summed E-state index contributed by atoms with van der Waals surface area (Å²) in [5.74, 6) is -0.757. The van der Waals surface area contributed by atoms with Crippen molar-refractivity contribution in [3.05, 3.63) is 0 Å². The van der Waals surface area contributed by atoms with Crippen LogP contribution >= 0.6 is 0 Å². The van der Waals surface area contributed by atoms with Gasteiger partial charge in [-0.3, -0.25) is 4.79 Å². The number of hydrogen-bond acceptors (Lipinski definition) is 3. The summed E-state index contributed by atoms with van der Waals surface area (Å²) < 4.78 is 0. The molecule has 4 nitrogen and oxygen atoms in total. The lowest BCUT2D eigenvalue weighted by atomic mass is 9.97. The van der Waals surface area contributed by atoms with E-state index in [2.05, 4.69) is 31.1 Å². The second-order valence-electron chi connectivity index (χ2n) is 5.43. The van der Waals surface area contributed by atoms with Crippen LogP contribution in [-0.4, -0.2) is 47.7 Å². The molecule has 0 saturated carbocycles. The van der Waals surface area contributed by atoms with E-state index in [0.29, 0.717) is 12.5 Å². The van der Waals surface area contributed by atoms with E-state index in [1.807, 2.05) is 6.92 Å². The van der Waals surface area contributed by atoms with Gasteiger partial charge in [0.25, 0.3) is 0 Å². The number of carbonyl (C=O) groups is 1. The van der Waals surface area contributed by atoms with Gasteiger partial charge in [-0.15, -0.1) is 0 Å². The highest BCUT2D eigenvalue weighted by molar-refractivity contribution is 5.78. The summed E-state index contributed by atoms with van der Waals surface area (Å²) in [7, 11) is 2.07. The molecule has 0 heterocycles. The fourth-order valence-electron chi connectivity index (χ4n) is 1.93. The first-order chi connectivity index (χ1) is 8.37. The number of aliphatic carboxylic acids is 1. The Kier molecular flexibility index (Phi) is 8.20. The zero-order valence-electron chi connectivity index (χ0n) is 12.6. The Labute approximate surface area is 112 Å². The zero-order valence-corrected chi connectivity index (χ0v) is 12.6. The van der Waals surface area contributed by atoms with E-state index in [0.717, 1.165) is 32.4 Å². The molecule has 18 heavy (non-hydrogen) atoms. The van der Waals surface area contributed by atoms with Gasteiger partial charge in [0.15, 0.2) is 0 Å². The molecular weight excluding hydrogens is 228 g/mol. The van der Waals surface area contributed by atoms with E-state index in [-0.39, 0.29) is 0 Å². The van der Waals surface area contributed by atoms with Crippen molar-refractivity contribution < 1.29 is 9.90 Å². The van der Waals surface area contributed by atoms with Crippen molar-refractivity contribution in [2.75, 3.05) is 20.1 Å². The molecule has 0 bridgehead atoms. The van der Waals surface area contributed by atoms with E-state index < -0.39 is 11.5 Å². The molecule has 0 rings (SSSR count). The Balaban J connectivity index is 4.30. The average molecular weight is 258 g/mol. The van der Waals surface area contributed by atoms with Gasteiger partial charge in [-0.05, 0) is 46.7 Å². The summed E-state index contributed by atoms with van der Waals surface area (Å²) in [4.78, 5) is 13.6. The number of carboxylic acids is 1. The maximum absolute atomic E-state index is 11.4. The molecule has 0 aliphatic heterocycles. The monoisotopic (exact) mass is 258 g/mol. The maximum Gasteiger partial charge on any atom is 0.323 e. The van der Waals surface area contributed by atoms with E-state index in [4.69, 9.17) is 0 Å². The van der Waals surface area contributed by atoms with Crippen LogP contribution in [0.2, 0.25) is 0 Å². The quantitative estimate of drug-likeness (QED) is 0.631. The number of carboxylic acid groups (broad SMARTS) is 1. The molecule has 0 aromatic carbocycles.